The number of aryl methyl sites for hydroxylation is 1. The van der Waals surface area contributed by atoms with E-state index in [0.29, 0.717) is 22.1 Å². The van der Waals surface area contributed by atoms with Gasteiger partial charge in [0.05, 0.1) is 33.3 Å². The minimum atomic E-state index is -1.32. The first-order chi connectivity index (χ1) is 11.8. The van der Waals surface area contributed by atoms with Gasteiger partial charge < -0.3 is 15.6 Å². The van der Waals surface area contributed by atoms with Crippen molar-refractivity contribution in [2.75, 3.05) is 24.7 Å². The molecule has 0 aliphatic rings. The van der Waals surface area contributed by atoms with Crippen LogP contribution in [0.4, 0.5) is 11.4 Å². The first kappa shape index (κ1) is 17.9. The number of benzene rings is 1. The number of nitrogens with zero attached hydrogens (tertiary/aromatic N) is 3. The van der Waals surface area contributed by atoms with Gasteiger partial charge in [-0.15, -0.1) is 0 Å². The zero-order chi connectivity index (χ0) is 18.3. The third-order valence-electron chi connectivity index (χ3n) is 4.08. The van der Waals surface area contributed by atoms with Crippen LogP contribution in [0.5, 0.6) is 0 Å². The van der Waals surface area contributed by atoms with Crippen molar-refractivity contribution in [3.8, 4) is 0 Å². The number of imidazole rings is 1. The van der Waals surface area contributed by atoms with Gasteiger partial charge in [-0.3, -0.25) is 9.19 Å². The van der Waals surface area contributed by atoms with Gasteiger partial charge in [-0.1, -0.05) is 0 Å². The Morgan fingerprint density at radius 1 is 1.32 bits per heavy atom. The number of nitrogen functional groups attached to an aromatic ring is 1. The Morgan fingerprint density at radius 3 is 2.72 bits per heavy atom. The Bertz CT molecular complexity index is 944. The van der Waals surface area contributed by atoms with Crippen molar-refractivity contribution >= 4 is 49.1 Å². The molecule has 8 heteroatoms. The molecule has 0 aliphatic carbocycles. The second-order valence-electron chi connectivity index (χ2n) is 6.18. The van der Waals surface area contributed by atoms with Crippen molar-refractivity contribution in [1.82, 2.24) is 15.0 Å². The van der Waals surface area contributed by atoms with Crippen molar-refractivity contribution in [2.24, 2.45) is 0 Å². The van der Waals surface area contributed by atoms with Crippen molar-refractivity contribution in [2.45, 2.75) is 24.8 Å². The summed E-state index contributed by atoms with van der Waals surface area (Å²) < 4.78 is 13.6. The quantitative estimate of drug-likeness (QED) is 0.630. The molecule has 25 heavy (non-hydrogen) atoms. The smallest absolute Gasteiger partial charge is 0.197 e. The van der Waals surface area contributed by atoms with Gasteiger partial charge in [-0.2, -0.15) is 0 Å². The number of halogens is 1. The number of hydrogen-bond acceptors (Lipinski definition) is 5. The van der Waals surface area contributed by atoms with Crippen LogP contribution in [0.1, 0.15) is 16.8 Å². The molecule has 3 N–H and O–H groups in total. The van der Waals surface area contributed by atoms with Crippen molar-refractivity contribution in [1.29, 1.82) is 0 Å². The molecule has 0 bridgehead atoms. The van der Waals surface area contributed by atoms with Crippen LogP contribution in [-0.4, -0.2) is 33.3 Å². The highest BCUT2D eigenvalue weighted by atomic mass is 79.9. The highest BCUT2D eigenvalue weighted by Crippen LogP contribution is 2.27. The molecular formula is C17H20BrN5OS. The van der Waals surface area contributed by atoms with Crippen LogP contribution in [0.3, 0.4) is 0 Å². The van der Waals surface area contributed by atoms with E-state index in [9.17, 15) is 4.21 Å². The summed E-state index contributed by atoms with van der Waals surface area (Å²) in [5, 5.41) is 0.431. The fourth-order valence-corrected chi connectivity index (χ4v) is 4.37. The lowest BCUT2D eigenvalue weighted by atomic mass is 10.1. The molecule has 0 amide bonds. The van der Waals surface area contributed by atoms with Gasteiger partial charge in [0.25, 0.3) is 0 Å². The molecule has 3 rings (SSSR count). The van der Waals surface area contributed by atoms with Gasteiger partial charge in [0.2, 0.25) is 0 Å². The van der Waals surface area contributed by atoms with Gasteiger partial charge in [0.1, 0.15) is 0 Å². The third kappa shape index (κ3) is 3.41. The number of hydrogen-bond donors (Lipinski definition) is 2. The maximum absolute atomic E-state index is 12.8. The summed E-state index contributed by atoms with van der Waals surface area (Å²) in [7, 11) is 2.67. The average molecular weight is 422 g/mol. The number of aromatic nitrogens is 3. The second kappa shape index (κ2) is 6.76. The number of nitrogens with two attached hydrogens (primary N) is 1. The van der Waals surface area contributed by atoms with Gasteiger partial charge in [0, 0.05) is 36.1 Å². The van der Waals surface area contributed by atoms with E-state index in [4.69, 9.17) is 5.73 Å². The van der Waals surface area contributed by atoms with E-state index in [0.717, 1.165) is 32.5 Å². The fraction of sp³-hybridized carbons (Fsp3) is 0.294. The van der Waals surface area contributed by atoms with Crippen LogP contribution in [0.2, 0.25) is 0 Å². The summed E-state index contributed by atoms with van der Waals surface area (Å²) in [6.45, 7) is 4.04. The molecule has 2 aromatic heterocycles. The topological polar surface area (TPSA) is 87.9 Å². The molecule has 1 atom stereocenters. The van der Waals surface area contributed by atoms with Crippen LogP contribution in [0, 0.1) is 13.8 Å². The Kier molecular flexibility index (Phi) is 4.83. The highest BCUT2D eigenvalue weighted by Gasteiger charge is 2.17. The predicted octanol–water partition coefficient (Wildman–Crippen LogP) is 3.29. The van der Waals surface area contributed by atoms with Crippen molar-refractivity contribution in [3.05, 3.63) is 39.6 Å². The minimum Gasteiger partial charge on any atom is -0.398 e. The van der Waals surface area contributed by atoms with Crippen molar-refractivity contribution in [3.63, 3.8) is 0 Å². The first-order valence-corrected chi connectivity index (χ1v) is 9.84. The Balaban J connectivity index is 1.94. The number of H-pyrrole nitrogens is 1. The van der Waals surface area contributed by atoms with Crippen LogP contribution in [0.25, 0.3) is 11.0 Å². The lowest BCUT2D eigenvalue weighted by Gasteiger charge is -2.20. The van der Waals surface area contributed by atoms with Crippen molar-refractivity contribution < 1.29 is 4.21 Å². The lowest BCUT2D eigenvalue weighted by molar-refractivity contribution is 0.676. The summed E-state index contributed by atoms with van der Waals surface area (Å²) >= 11 is 3.39. The van der Waals surface area contributed by atoms with E-state index in [1.165, 1.54) is 0 Å². The number of rotatable bonds is 4. The summed E-state index contributed by atoms with van der Waals surface area (Å²) in [6, 6.07) is 3.61. The van der Waals surface area contributed by atoms with E-state index < -0.39 is 10.8 Å². The Morgan fingerprint density at radius 2 is 2.04 bits per heavy atom. The molecular weight excluding hydrogens is 402 g/mol. The second-order valence-corrected chi connectivity index (χ2v) is 8.40. The third-order valence-corrected chi connectivity index (χ3v) is 5.93. The van der Waals surface area contributed by atoms with E-state index in [-0.39, 0.29) is 0 Å². The SMILES string of the molecule is Cc1cnc(CS(=O)c2nc3cc(N)c(Br)cc3[nH]2)c(C)c1N(C)C. The Hall–Kier alpha value is -1.93. The van der Waals surface area contributed by atoms with E-state index in [1.807, 2.05) is 40.2 Å². The average Bonchev–Trinajstić information content (AvgIpc) is 2.93. The maximum Gasteiger partial charge on any atom is 0.197 e. The summed E-state index contributed by atoms with van der Waals surface area (Å²) in [4.78, 5) is 14.1. The molecule has 0 radical (unpaired) electrons. The predicted molar refractivity (Wildman–Crippen MR) is 106 cm³/mol. The van der Waals surface area contributed by atoms with E-state index >= 15 is 0 Å². The molecule has 0 spiro atoms. The molecule has 6 nitrogen and oxygen atoms in total. The fourth-order valence-electron chi connectivity index (χ4n) is 2.92. The molecule has 1 aromatic carbocycles. The minimum absolute atomic E-state index is 0.309. The highest BCUT2D eigenvalue weighted by molar-refractivity contribution is 9.10. The van der Waals surface area contributed by atoms with Gasteiger partial charge in [-0.25, -0.2) is 4.98 Å². The number of fused-ring (bicyclic) bond motifs is 1. The van der Waals surface area contributed by atoms with E-state index in [2.05, 4.69) is 35.8 Å². The van der Waals surface area contributed by atoms with E-state index in [1.54, 1.807) is 6.07 Å². The van der Waals surface area contributed by atoms with Crippen LogP contribution < -0.4 is 10.6 Å². The molecule has 1 unspecified atom stereocenters. The van der Waals surface area contributed by atoms with Gasteiger partial charge in [0.15, 0.2) is 5.16 Å². The number of anilines is 2. The maximum atomic E-state index is 12.8. The van der Waals surface area contributed by atoms with Crippen LogP contribution >= 0.6 is 15.9 Å². The largest absolute Gasteiger partial charge is 0.398 e. The lowest BCUT2D eigenvalue weighted by Crippen LogP contribution is -2.14. The molecule has 0 saturated carbocycles. The summed E-state index contributed by atoms with van der Waals surface area (Å²) in [5.74, 6) is 0.309. The van der Waals surface area contributed by atoms with Crippen LogP contribution in [-0.2, 0) is 16.6 Å². The van der Waals surface area contributed by atoms with Crippen LogP contribution in [0.15, 0.2) is 28.0 Å². The normalized spacial score (nSPS) is 12.5. The standard InChI is InChI=1S/C17H20BrN5OS/c1-9-7-20-15(10(2)16(9)23(3)4)8-25(24)17-21-13-5-11(18)12(19)6-14(13)22-17/h5-7H,8,19H2,1-4H3,(H,21,22). The zero-order valence-corrected chi connectivity index (χ0v) is 17.0. The molecule has 0 fully saturated rings. The summed E-state index contributed by atoms with van der Waals surface area (Å²) in [5.41, 5.74) is 12.1. The van der Waals surface area contributed by atoms with Gasteiger partial charge >= 0.3 is 0 Å². The summed E-state index contributed by atoms with van der Waals surface area (Å²) in [6.07, 6.45) is 1.82. The Labute approximate surface area is 157 Å². The first-order valence-electron chi connectivity index (χ1n) is 7.73. The monoisotopic (exact) mass is 421 g/mol. The zero-order valence-electron chi connectivity index (χ0n) is 14.6. The molecule has 2 heterocycles. The molecule has 0 saturated heterocycles. The molecule has 0 aliphatic heterocycles. The molecule has 3 aromatic rings. The molecule has 132 valence electrons. The number of nitrogens with one attached hydrogen (secondary N) is 1. The van der Waals surface area contributed by atoms with Gasteiger partial charge in [-0.05, 0) is 53.0 Å². The number of pyridine rings is 1. The number of aromatic amines is 1.